The average molecular weight is 448 g/mol. The van der Waals surface area contributed by atoms with Gasteiger partial charge in [-0.1, -0.05) is 6.92 Å². The first-order valence-corrected chi connectivity index (χ1v) is 11.3. The van der Waals surface area contributed by atoms with Crippen molar-refractivity contribution in [1.29, 1.82) is 0 Å². The van der Waals surface area contributed by atoms with Crippen molar-refractivity contribution in [3.05, 3.63) is 42.5 Å². The highest BCUT2D eigenvalue weighted by Gasteiger charge is 2.27. The Bertz CT molecular complexity index is 1050. The van der Waals surface area contributed by atoms with E-state index in [2.05, 4.69) is 10.6 Å². The van der Waals surface area contributed by atoms with Crippen molar-refractivity contribution in [2.75, 3.05) is 36.9 Å². The van der Waals surface area contributed by atoms with Gasteiger partial charge in [0.2, 0.25) is 21.8 Å². The molecule has 0 aliphatic carbocycles. The number of fused-ring (bicyclic) bond motifs is 1. The minimum atomic E-state index is -3.91. The number of sulfonamides is 1. The zero-order chi connectivity index (χ0) is 22.4. The van der Waals surface area contributed by atoms with Crippen LogP contribution in [-0.4, -0.2) is 50.8 Å². The molecule has 2 aromatic carbocycles. The summed E-state index contributed by atoms with van der Waals surface area (Å²) in [6, 6.07) is 11.0. The maximum absolute atomic E-state index is 13.1. The Labute approximate surface area is 181 Å². The topological polar surface area (TPSA) is 114 Å². The molecular formula is C21H25N3O6S. The van der Waals surface area contributed by atoms with Gasteiger partial charge in [-0.15, -0.1) is 0 Å². The van der Waals surface area contributed by atoms with Gasteiger partial charge >= 0.3 is 0 Å². The van der Waals surface area contributed by atoms with Crippen molar-refractivity contribution >= 4 is 33.2 Å². The van der Waals surface area contributed by atoms with Crippen molar-refractivity contribution in [1.82, 2.24) is 4.31 Å². The minimum absolute atomic E-state index is 0.0334. The first-order chi connectivity index (χ1) is 14.8. The summed E-state index contributed by atoms with van der Waals surface area (Å²) in [6.45, 7) is 3.78. The van der Waals surface area contributed by atoms with Gasteiger partial charge in [-0.2, -0.15) is 4.31 Å². The van der Waals surface area contributed by atoms with Crippen molar-refractivity contribution in [3.8, 4) is 11.5 Å². The number of anilines is 2. The number of ether oxygens (including phenoxy) is 2. The summed E-state index contributed by atoms with van der Waals surface area (Å²) in [7, 11) is -3.91. The van der Waals surface area contributed by atoms with Crippen LogP contribution in [0.4, 0.5) is 11.4 Å². The number of nitrogens with one attached hydrogen (secondary N) is 2. The van der Waals surface area contributed by atoms with E-state index in [1.165, 1.54) is 19.1 Å². The molecule has 0 spiro atoms. The first-order valence-electron chi connectivity index (χ1n) is 9.87. The van der Waals surface area contributed by atoms with Gasteiger partial charge in [0.15, 0.2) is 11.5 Å². The van der Waals surface area contributed by atoms with E-state index in [0.717, 1.165) is 4.31 Å². The maximum atomic E-state index is 13.1. The van der Waals surface area contributed by atoms with Crippen LogP contribution in [0.25, 0.3) is 0 Å². The third kappa shape index (κ3) is 5.74. The van der Waals surface area contributed by atoms with Gasteiger partial charge < -0.3 is 20.1 Å². The largest absolute Gasteiger partial charge is 0.490 e. The molecule has 0 unspecified atom stereocenters. The molecule has 0 radical (unpaired) electrons. The third-order valence-electron chi connectivity index (χ3n) is 4.52. The molecular weight excluding hydrogens is 422 g/mol. The second-order valence-electron chi connectivity index (χ2n) is 6.90. The lowest BCUT2D eigenvalue weighted by Crippen LogP contribution is -2.37. The summed E-state index contributed by atoms with van der Waals surface area (Å²) >= 11 is 0. The van der Waals surface area contributed by atoms with E-state index in [1.54, 1.807) is 37.3 Å². The summed E-state index contributed by atoms with van der Waals surface area (Å²) in [5.41, 5.74) is 1.08. The van der Waals surface area contributed by atoms with Crippen molar-refractivity contribution in [2.45, 2.75) is 25.2 Å². The van der Waals surface area contributed by atoms with E-state index < -0.39 is 15.9 Å². The van der Waals surface area contributed by atoms with Crippen LogP contribution in [0.15, 0.2) is 47.4 Å². The Kier molecular flexibility index (Phi) is 7.13. The average Bonchev–Trinajstić information content (AvgIpc) is 2.97. The molecule has 1 aliphatic rings. The second kappa shape index (κ2) is 9.80. The van der Waals surface area contributed by atoms with Crippen LogP contribution in [0.5, 0.6) is 11.5 Å². The van der Waals surface area contributed by atoms with E-state index >= 15 is 0 Å². The van der Waals surface area contributed by atoms with Crippen LogP contribution in [-0.2, 0) is 19.6 Å². The van der Waals surface area contributed by atoms with Crippen LogP contribution >= 0.6 is 0 Å². The van der Waals surface area contributed by atoms with Gasteiger partial charge in [-0.3, -0.25) is 9.59 Å². The summed E-state index contributed by atoms with van der Waals surface area (Å²) in [5.74, 6) is 0.195. The normalized spacial score (nSPS) is 13.4. The Hall–Kier alpha value is -3.11. The molecule has 31 heavy (non-hydrogen) atoms. The smallest absolute Gasteiger partial charge is 0.243 e. The predicted molar refractivity (Wildman–Crippen MR) is 116 cm³/mol. The van der Waals surface area contributed by atoms with Gasteiger partial charge in [-0.05, 0) is 36.4 Å². The third-order valence-corrected chi connectivity index (χ3v) is 6.44. The van der Waals surface area contributed by atoms with Gasteiger partial charge in [0, 0.05) is 37.3 Å². The molecule has 10 heteroatoms. The van der Waals surface area contributed by atoms with Crippen molar-refractivity contribution in [3.63, 3.8) is 0 Å². The van der Waals surface area contributed by atoms with Gasteiger partial charge in [-0.25, -0.2) is 8.42 Å². The molecule has 1 aliphatic heterocycles. The Morgan fingerprint density at radius 2 is 1.58 bits per heavy atom. The number of amides is 2. The quantitative estimate of drug-likeness (QED) is 0.674. The molecule has 0 fully saturated rings. The Morgan fingerprint density at radius 3 is 2.19 bits per heavy atom. The SMILES string of the molecule is CCN(CC(=O)Nc1ccc(NC(C)=O)cc1)S(=O)(=O)c1ccc2c(c1)OCCCO2. The molecule has 2 aromatic rings. The number of rotatable bonds is 7. The number of benzene rings is 2. The molecule has 9 nitrogen and oxygen atoms in total. The second-order valence-corrected chi connectivity index (χ2v) is 8.83. The Balaban J connectivity index is 1.70. The zero-order valence-corrected chi connectivity index (χ0v) is 18.2. The van der Waals surface area contributed by atoms with E-state index in [4.69, 9.17) is 9.47 Å². The highest BCUT2D eigenvalue weighted by molar-refractivity contribution is 7.89. The van der Waals surface area contributed by atoms with Crippen molar-refractivity contribution in [2.24, 2.45) is 0 Å². The molecule has 0 atom stereocenters. The molecule has 0 saturated heterocycles. The fraction of sp³-hybridized carbons (Fsp3) is 0.333. The lowest BCUT2D eigenvalue weighted by Gasteiger charge is -2.21. The van der Waals surface area contributed by atoms with Crippen LogP contribution < -0.4 is 20.1 Å². The van der Waals surface area contributed by atoms with E-state index in [9.17, 15) is 18.0 Å². The lowest BCUT2D eigenvalue weighted by molar-refractivity contribution is -0.116. The number of carbonyl (C=O) groups is 2. The molecule has 166 valence electrons. The van der Waals surface area contributed by atoms with Crippen LogP contribution in [0, 0.1) is 0 Å². The molecule has 3 rings (SSSR count). The van der Waals surface area contributed by atoms with Crippen LogP contribution in [0.1, 0.15) is 20.3 Å². The fourth-order valence-corrected chi connectivity index (χ4v) is 4.44. The van der Waals surface area contributed by atoms with Crippen LogP contribution in [0.2, 0.25) is 0 Å². The maximum Gasteiger partial charge on any atom is 0.243 e. The summed E-state index contributed by atoms with van der Waals surface area (Å²) in [4.78, 5) is 23.6. The van der Waals surface area contributed by atoms with Gasteiger partial charge in [0.1, 0.15) is 0 Å². The van der Waals surface area contributed by atoms with Crippen LogP contribution in [0.3, 0.4) is 0 Å². The molecule has 0 bridgehead atoms. The number of hydrogen-bond acceptors (Lipinski definition) is 6. The lowest BCUT2D eigenvalue weighted by atomic mass is 10.2. The van der Waals surface area contributed by atoms with Crippen molar-refractivity contribution < 1.29 is 27.5 Å². The number of nitrogens with zero attached hydrogens (tertiary/aromatic N) is 1. The summed E-state index contributed by atoms with van der Waals surface area (Å²) in [6.07, 6.45) is 0.712. The zero-order valence-electron chi connectivity index (χ0n) is 17.4. The van der Waals surface area contributed by atoms with Gasteiger partial charge in [0.05, 0.1) is 24.7 Å². The Morgan fingerprint density at radius 1 is 0.968 bits per heavy atom. The number of carbonyl (C=O) groups excluding carboxylic acids is 2. The number of likely N-dealkylation sites (N-methyl/N-ethyl adjacent to an activating group) is 1. The predicted octanol–water partition coefficient (Wildman–Crippen LogP) is 2.46. The standard InChI is InChI=1S/C21H25N3O6S/c1-3-24(14-21(26)23-17-7-5-16(6-8-17)22-15(2)25)31(27,28)18-9-10-19-20(13-18)30-12-4-11-29-19/h5-10,13H,3-4,11-12,14H2,1-2H3,(H,22,25)(H,23,26). The first kappa shape index (κ1) is 22.6. The van der Waals surface area contributed by atoms with E-state index in [1.807, 2.05) is 0 Å². The van der Waals surface area contributed by atoms with E-state index in [0.29, 0.717) is 42.5 Å². The molecule has 2 amide bonds. The molecule has 0 saturated carbocycles. The fourth-order valence-electron chi connectivity index (χ4n) is 3.02. The monoisotopic (exact) mass is 447 g/mol. The summed E-state index contributed by atoms with van der Waals surface area (Å²) < 4.78 is 38.4. The van der Waals surface area contributed by atoms with E-state index in [-0.39, 0.29) is 23.9 Å². The number of hydrogen-bond donors (Lipinski definition) is 2. The molecule has 1 heterocycles. The molecule has 0 aromatic heterocycles. The highest BCUT2D eigenvalue weighted by atomic mass is 32.2. The summed E-state index contributed by atoms with van der Waals surface area (Å²) in [5, 5.41) is 5.30. The minimum Gasteiger partial charge on any atom is -0.490 e. The van der Waals surface area contributed by atoms with Gasteiger partial charge in [0.25, 0.3) is 0 Å². The highest BCUT2D eigenvalue weighted by Crippen LogP contribution is 2.32. The molecule has 2 N–H and O–H groups in total.